The summed E-state index contributed by atoms with van der Waals surface area (Å²) in [6.45, 7) is 2.89. The number of benzene rings is 1. The van der Waals surface area contributed by atoms with Crippen molar-refractivity contribution >= 4 is 6.29 Å². The maximum absolute atomic E-state index is 8.81. The summed E-state index contributed by atoms with van der Waals surface area (Å²) in [6.07, 6.45) is 6.84. The Balaban J connectivity index is 0.000000568. The van der Waals surface area contributed by atoms with E-state index in [2.05, 4.69) is 40.3 Å². The van der Waals surface area contributed by atoms with Crippen molar-refractivity contribution in [3.05, 3.63) is 65.5 Å². The maximum Gasteiger partial charge on any atom is 0.257 e. The number of aromatic nitrogens is 1. The second-order valence-electron chi connectivity index (χ2n) is 7.28. The molecule has 3 heterocycles. The fraction of sp³-hybridized carbons (Fsp3) is 0.364. The molecular weight excluding hydrogens is 354 g/mol. The van der Waals surface area contributed by atoms with Gasteiger partial charge in [0.25, 0.3) is 5.88 Å². The Morgan fingerprint density at radius 2 is 2.11 bits per heavy atom. The quantitative estimate of drug-likeness (QED) is 0.823. The van der Waals surface area contributed by atoms with Gasteiger partial charge in [-0.25, -0.2) is 4.98 Å². The summed E-state index contributed by atoms with van der Waals surface area (Å²) in [7, 11) is 0. The van der Waals surface area contributed by atoms with Gasteiger partial charge in [-0.05, 0) is 48.6 Å². The molecule has 5 rings (SSSR count). The summed E-state index contributed by atoms with van der Waals surface area (Å²) < 4.78 is 11.7. The molecule has 0 radical (unpaired) electrons. The highest BCUT2D eigenvalue weighted by molar-refractivity contribution is 5.44. The Morgan fingerprint density at radius 3 is 2.79 bits per heavy atom. The number of carbonyl (C=O) groups excluding carboxylic acids is 1. The molecule has 3 atom stereocenters. The summed E-state index contributed by atoms with van der Waals surface area (Å²) in [5.41, 5.74) is 9.91. The molecule has 28 heavy (non-hydrogen) atoms. The van der Waals surface area contributed by atoms with E-state index in [4.69, 9.17) is 20.0 Å². The van der Waals surface area contributed by atoms with Crippen LogP contribution in [0.1, 0.15) is 38.4 Å². The van der Waals surface area contributed by atoms with Crippen molar-refractivity contribution in [2.24, 2.45) is 5.73 Å². The number of rotatable bonds is 3. The number of nitrogens with two attached hydrogens (primary N) is 1. The van der Waals surface area contributed by atoms with E-state index in [0.717, 1.165) is 31.2 Å². The molecule has 1 aromatic carbocycles. The summed E-state index contributed by atoms with van der Waals surface area (Å²) in [6, 6.07) is 13.2. The monoisotopic (exact) mass is 381 g/mol. The van der Waals surface area contributed by atoms with Crippen LogP contribution in [0, 0.1) is 0 Å². The fourth-order valence-corrected chi connectivity index (χ4v) is 3.97. The van der Waals surface area contributed by atoms with Crippen LogP contribution in [0.4, 0.5) is 0 Å². The molecule has 1 aromatic heterocycles. The number of hydrogen-bond acceptors (Lipinski definition) is 6. The molecule has 0 unspecified atom stereocenters. The van der Waals surface area contributed by atoms with Crippen molar-refractivity contribution in [2.45, 2.75) is 44.5 Å². The molecule has 0 amide bonds. The molecule has 1 fully saturated rings. The second kappa shape index (κ2) is 8.02. The number of fused-ring (bicyclic) bond motifs is 3. The zero-order chi connectivity index (χ0) is 19.5. The van der Waals surface area contributed by atoms with E-state index < -0.39 is 0 Å². The van der Waals surface area contributed by atoms with Crippen LogP contribution in [0.25, 0.3) is 0 Å². The number of nitrogens with zero attached hydrogens (tertiary/aromatic N) is 2. The van der Waals surface area contributed by atoms with E-state index in [1.807, 2.05) is 12.1 Å². The zero-order valence-electron chi connectivity index (χ0n) is 16.0. The molecule has 0 spiro atoms. The summed E-state index contributed by atoms with van der Waals surface area (Å²) in [4.78, 5) is 15.5. The molecule has 6 nitrogen and oxygen atoms in total. The van der Waals surface area contributed by atoms with Gasteiger partial charge in [0.15, 0.2) is 11.9 Å². The molecular formula is C22H27N3O3. The molecule has 3 aliphatic rings. The van der Waals surface area contributed by atoms with E-state index in [9.17, 15) is 0 Å². The van der Waals surface area contributed by atoms with Gasteiger partial charge in [-0.1, -0.05) is 24.3 Å². The molecule has 2 bridgehead atoms. The van der Waals surface area contributed by atoms with Gasteiger partial charge in [0.2, 0.25) is 0 Å². The standard InChI is InChI=1S/C20H21N3O2.C2H4O.H2/c21-17-9-16-8-15(17)11-23(16)10-13-3-5-14(6-4-13)19-12-24-18-2-1-7-22-20(18)25-19;1-2-3;/h1-7,11,16-17,19H,8-10,12,21H2;2H,1H3;1H/t16-,17+,19-;;/m1../s1. The first-order valence-electron chi connectivity index (χ1n) is 9.63. The molecule has 2 N–H and O–H groups in total. The predicted molar refractivity (Wildman–Crippen MR) is 108 cm³/mol. The molecule has 1 saturated carbocycles. The van der Waals surface area contributed by atoms with Gasteiger partial charge in [-0.15, -0.1) is 0 Å². The topological polar surface area (TPSA) is 77.7 Å². The predicted octanol–water partition coefficient (Wildman–Crippen LogP) is 3.23. The van der Waals surface area contributed by atoms with Crippen molar-refractivity contribution in [3.8, 4) is 11.6 Å². The number of hydrogen-bond donors (Lipinski definition) is 1. The minimum atomic E-state index is -0.112. The lowest BCUT2D eigenvalue weighted by atomic mass is 10.1. The van der Waals surface area contributed by atoms with Crippen LogP contribution in [0.15, 0.2) is 54.4 Å². The van der Waals surface area contributed by atoms with Crippen LogP contribution >= 0.6 is 0 Å². The second-order valence-corrected chi connectivity index (χ2v) is 7.28. The minimum Gasteiger partial charge on any atom is -0.484 e. The van der Waals surface area contributed by atoms with E-state index in [0.29, 0.717) is 24.3 Å². The van der Waals surface area contributed by atoms with Crippen LogP contribution in [-0.2, 0) is 11.3 Å². The normalized spacial score (nSPS) is 24.3. The first-order chi connectivity index (χ1) is 13.7. The number of carbonyl (C=O) groups is 1. The van der Waals surface area contributed by atoms with Gasteiger partial charge in [-0.3, -0.25) is 0 Å². The molecule has 0 saturated heterocycles. The zero-order valence-corrected chi connectivity index (χ0v) is 16.0. The van der Waals surface area contributed by atoms with Gasteiger partial charge in [-0.2, -0.15) is 0 Å². The van der Waals surface area contributed by atoms with E-state index in [-0.39, 0.29) is 13.6 Å². The van der Waals surface area contributed by atoms with Crippen LogP contribution in [0.5, 0.6) is 11.6 Å². The summed E-state index contributed by atoms with van der Waals surface area (Å²) in [5, 5.41) is 0. The van der Waals surface area contributed by atoms with Crippen LogP contribution < -0.4 is 15.2 Å². The van der Waals surface area contributed by atoms with Crippen LogP contribution in [0.3, 0.4) is 0 Å². The Morgan fingerprint density at radius 1 is 1.32 bits per heavy atom. The number of ether oxygens (including phenoxy) is 2. The molecule has 148 valence electrons. The third-order valence-corrected chi connectivity index (χ3v) is 5.37. The van der Waals surface area contributed by atoms with Crippen LogP contribution in [0.2, 0.25) is 0 Å². The van der Waals surface area contributed by atoms with Crippen molar-refractivity contribution < 1.29 is 15.7 Å². The highest BCUT2D eigenvalue weighted by Gasteiger charge is 2.35. The van der Waals surface area contributed by atoms with Crippen molar-refractivity contribution in [1.82, 2.24) is 9.88 Å². The van der Waals surface area contributed by atoms with Gasteiger partial charge in [0.05, 0.1) is 0 Å². The van der Waals surface area contributed by atoms with Gasteiger partial charge < -0.3 is 24.9 Å². The average molecular weight is 381 g/mol. The Hall–Kier alpha value is -2.86. The summed E-state index contributed by atoms with van der Waals surface area (Å²) in [5.74, 6) is 1.28. The number of pyridine rings is 1. The van der Waals surface area contributed by atoms with Crippen molar-refractivity contribution in [2.75, 3.05) is 6.61 Å². The Bertz CT molecular complexity index is 872. The van der Waals surface area contributed by atoms with Gasteiger partial charge >= 0.3 is 0 Å². The lowest BCUT2D eigenvalue weighted by Crippen LogP contribution is -2.32. The molecule has 2 aliphatic heterocycles. The van der Waals surface area contributed by atoms with E-state index in [1.54, 1.807) is 6.20 Å². The summed E-state index contributed by atoms with van der Waals surface area (Å²) >= 11 is 0. The van der Waals surface area contributed by atoms with E-state index in [1.165, 1.54) is 18.1 Å². The lowest BCUT2D eigenvalue weighted by molar-refractivity contribution is -0.106. The highest BCUT2D eigenvalue weighted by Crippen LogP contribution is 2.37. The molecule has 1 aliphatic carbocycles. The van der Waals surface area contributed by atoms with Crippen molar-refractivity contribution in [3.63, 3.8) is 0 Å². The number of aldehydes is 1. The SMILES string of the molecule is CC=O.N[C@H]1C[C@H]2CC1=CN2Cc1ccc([C@H]2COc3cccnc3O2)cc1.[HH]. The van der Waals surface area contributed by atoms with Gasteiger partial charge in [0.1, 0.15) is 12.9 Å². The average Bonchev–Trinajstić information content (AvgIpc) is 3.28. The fourth-order valence-electron chi connectivity index (χ4n) is 3.97. The van der Waals surface area contributed by atoms with Crippen molar-refractivity contribution in [1.29, 1.82) is 0 Å². The largest absolute Gasteiger partial charge is 0.484 e. The molecule has 2 aromatic rings. The minimum absolute atomic E-state index is 0. The third kappa shape index (κ3) is 3.73. The smallest absolute Gasteiger partial charge is 0.257 e. The molecule has 6 heteroatoms. The highest BCUT2D eigenvalue weighted by atomic mass is 16.6. The first-order valence-corrected chi connectivity index (χ1v) is 9.63. The first kappa shape index (κ1) is 18.5. The van der Waals surface area contributed by atoms with Crippen LogP contribution in [-0.4, -0.2) is 34.9 Å². The Kier molecular flexibility index (Phi) is 5.30. The maximum atomic E-state index is 8.81. The lowest BCUT2D eigenvalue weighted by Gasteiger charge is -2.28. The van der Waals surface area contributed by atoms with E-state index >= 15 is 0 Å². The Labute approximate surface area is 166 Å². The third-order valence-electron chi connectivity index (χ3n) is 5.37. The van der Waals surface area contributed by atoms with Gasteiger partial charge in [0, 0.05) is 32.5 Å².